The monoisotopic (exact) mass is 281 g/mol. The molecule has 0 spiro atoms. The van der Waals surface area contributed by atoms with Gasteiger partial charge in [-0.25, -0.2) is 12.8 Å². The van der Waals surface area contributed by atoms with Crippen molar-refractivity contribution in [2.75, 3.05) is 4.72 Å². The van der Waals surface area contributed by atoms with Crippen molar-refractivity contribution in [3.63, 3.8) is 0 Å². The average Bonchev–Trinajstić information content (AvgIpc) is 2.39. The van der Waals surface area contributed by atoms with Crippen LogP contribution in [0.2, 0.25) is 0 Å². The Hall–Kier alpha value is -1.92. The molecule has 0 unspecified atom stereocenters. The molecule has 0 aromatic heterocycles. The number of para-hydroxylation sites is 1. The zero-order valence-corrected chi connectivity index (χ0v) is 10.7. The van der Waals surface area contributed by atoms with Crippen LogP contribution in [0.5, 0.6) is 0 Å². The molecule has 0 heterocycles. The second-order valence-corrected chi connectivity index (χ2v) is 5.56. The molecule has 2 rings (SSSR count). The molecular weight excluding hydrogens is 269 g/mol. The highest BCUT2D eigenvalue weighted by Gasteiger charge is 2.16. The van der Waals surface area contributed by atoms with Crippen LogP contribution >= 0.6 is 0 Å². The number of rotatable bonds is 4. The van der Waals surface area contributed by atoms with Crippen molar-refractivity contribution in [3.05, 3.63) is 59.9 Å². The standard InChI is InChI=1S/C13H12FNO3S/c14-11-5-3-6-12(8-11)19(17,18)15-13-7-2-1-4-10(13)9-16/h1-8,15-16H,9H2. The molecule has 100 valence electrons. The van der Waals surface area contributed by atoms with Gasteiger partial charge in [-0.15, -0.1) is 0 Å². The minimum Gasteiger partial charge on any atom is -0.392 e. The zero-order chi connectivity index (χ0) is 13.9. The molecule has 0 atom stereocenters. The zero-order valence-electron chi connectivity index (χ0n) is 9.88. The van der Waals surface area contributed by atoms with E-state index in [0.29, 0.717) is 5.56 Å². The van der Waals surface area contributed by atoms with Gasteiger partial charge in [-0.05, 0) is 24.3 Å². The molecule has 2 N–H and O–H groups in total. The maximum absolute atomic E-state index is 13.0. The third-order valence-electron chi connectivity index (χ3n) is 2.54. The molecular formula is C13H12FNO3S. The van der Waals surface area contributed by atoms with E-state index >= 15 is 0 Å². The summed E-state index contributed by atoms with van der Waals surface area (Å²) in [4.78, 5) is -0.166. The summed E-state index contributed by atoms with van der Waals surface area (Å²) in [5.74, 6) is -0.627. The van der Waals surface area contributed by atoms with Crippen molar-refractivity contribution in [2.45, 2.75) is 11.5 Å². The Morgan fingerprint density at radius 1 is 1.11 bits per heavy atom. The smallest absolute Gasteiger partial charge is 0.262 e. The van der Waals surface area contributed by atoms with Crippen LogP contribution in [0.15, 0.2) is 53.4 Å². The van der Waals surface area contributed by atoms with Crippen LogP contribution < -0.4 is 4.72 Å². The van der Waals surface area contributed by atoms with Crippen LogP contribution in [0.4, 0.5) is 10.1 Å². The van der Waals surface area contributed by atoms with Gasteiger partial charge in [0.25, 0.3) is 10.0 Å². The van der Waals surface area contributed by atoms with Gasteiger partial charge in [0.15, 0.2) is 0 Å². The van der Waals surface area contributed by atoms with Gasteiger partial charge in [-0.2, -0.15) is 0 Å². The van der Waals surface area contributed by atoms with E-state index < -0.39 is 15.8 Å². The Morgan fingerprint density at radius 3 is 2.53 bits per heavy atom. The second kappa shape index (κ2) is 5.38. The predicted molar refractivity (Wildman–Crippen MR) is 69.6 cm³/mol. The lowest BCUT2D eigenvalue weighted by Crippen LogP contribution is -2.14. The Balaban J connectivity index is 2.37. The van der Waals surface area contributed by atoms with Crippen LogP contribution in [0.25, 0.3) is 0 Å². The Kier molecular flexibility index (Phi) is 3.82. The van der Waals surface area contributed by atoms with E-state index in [9.17, 15) is 12.8 Å². The molecule has 0 aliphatic rings. The number of hydrogen-bond acceptors (Lipinski definition) is 3. The molecule has 2 aromatic rings. The first-order valence-corrected chi connectivity index (χ1v) is 6.98. The van der Waals surface area contributed by atoms with Crippen molar-refractivity contribution in [1.29, 1.82) is 0 Å². The number of nitrogens with one attached hydrogen (secondary N) is 1. The molecule has 19 heavy (non-hydrogen) atoms. The van der Waals surface area contributed by atoms with E-state index in [2.05, 4.69) is 4.72 Å². The average molecular weight is 281 g/mol. The Morgan fingerprint density at radius 2 is 1.84 bits per heavy atom. The number of aliphatic hydroxyl groups excluding tert-OH is 1. The molecule has 4 nitrogen and oxygen atoms in total. The number of aliphatic hydroxyl groups is 1. The van der Waals surface area contributed by atoms with Gasteiger partial charge < -0.3 is 5.11 Å². The van der Waals surface area contributed by atoms with E-state index in [1.807, 2.05) is 0 Å². The number of benzene rings is 2. The van der Waals surface area contributed by atoms with Crippen molar-refractivity contribution in [3.8, 4) is 0 Å². The topological polar surface area (TPSA) is 66.4 Å². The van der Waals surface area contributed by atoms with Gasteiger partial charge in [0.05, 0.1) is 17.2 Å². The van der Waals surface area contributed by atoms with Crippen molar-refractivity contribution in [1.82, 2.24) is 0 Å². The molecule has 0 amide bonds. The fourth-order valence-electron chi connectivity index (χ4n) is 1.60. The van der Waals surface area contributed by atoms with Gasteiger partial charge in [-0.3, -0.25) is 4.72 Å². The Labute approximate surface area is 110 Å². The van der Waals surface area contributed by atoms with Crippen molar-refractivity contribution < 1.29 is 17.9 Å². The van der Waals surface area contributed by atoms with E-state index in [0.717, 1.165) is 6.07 Å². The highest BCUT2D eigenvalue weighted by molar-refractivity contribution is 7.92. The summed E-state index contributed by atoms with van der Waals surface area (Å²) in [7, 11) is -3.87. The lowest BCUT2D eigenvalue weighted by Gasteiger charge is -2.11. The lowest BCUT2D eigenvalue weighted by molar-refractivity contribution is 0.282. The van der Waals surface area contributed by atoms with Crippen LogP contribution in [-0.4, -0.2) is 13.5 Å². The summed E-state index contributed by atoms with van der Waals surface area (Å²) >= 11 is 0. The summed E-state index contributed by atoms with van der Waals surface area (Å²) in [6.07, 6.45) is 0. The first kappa shape index (κ1) is 13.5. The van der Waals surface area contributed by atoms with Gasteiger partial charge in [0.1, 0.15) is 5.82 Å². The largest absolute Gasteiger partial charge is 0.392 e. The van der Waals surface area contributed by atoms with Gasteiger partial charge in [-0.1, -0.05) is 24.3 Å². The van der Waals surface area contributed by atoms with Gasteiger partial charge in [0.2, 0.25) is 0 Å². The summed E-state index contributed by atoms with van der Waals surface area (Å²) < 4.78 is 39.5. The molecule has 6 heteroatoms. The summed E-state index contributed by atoms with van der Waals surface area (Å²) in [6, 6.07) is 11.2. The summed E-state index contributed by atoms with van der Waals surface area (Å²) in [5.41, 5.74) is 0.719. The summed E-state index contributed by atoms with van der Waals surface area (Å²) in [6.45, 7) is -0.290. The molecule has 0 radical (unpaired) electrons. The normalized spacial score (nSPS) is 11.3. The van der Waals surface area contributed by atoms with E-state index in [1.165, 1.54) is 24.3 Å². The number of anilines is 1. The number of halogens is 1. The highest BCUT2D eigenvalue weighted by atomic mass is 32.2. The van der Waals surface area contributed by atoms with E-state index in [-0.39, 0.29) is 17.2 Å². The number of sulfonamides is 1. The highest BCUT2D eigenvalue weighted by Crippen LogP contribution is 2.20. The molecule has 0 aliphatic heterocycles. The first-order valence-electron chi connectivity index (χ1n) is 5.50. The van der Waals surface area contributed by atoms with Gasteiger partial charge in [0, 0.05) is 5.56 Å². The molecule has 0 fully saturated rings. The third kappa shape index (κ3) is 3.10. The van der Waals surface area contributed by atoms with Crippen LogP contribution in [0.3, 0.4) is 0 Å². The molecule has 0 saturated carbocycles. The lowest BCUT2D eigenvalue weighted by atomic mass is 10.2. The minimum absolute atomic E-state index is 0.166. The van der Waals surface area contributed by atoms with E-state index in [1.54, 1.807) is 18.2 Å². The fourth-order valence-corrected chi connectivity index (χ4v) is 2.73. The summed E-state index contributed by atoms with van der Waals surface area (Å²) in [5, 5.41) is 9.14. The van der Waals surface area contributed by atoms with Crippen LogP contribution in [0.1, 0.15) is 5.56 Å². The Bertz CT molecular complexity index is 686. The van der Waals surface area contributed by atoms with Crippen LogP contribution in [0, 0.1) is 5.82 Å². The third-order valence-corrected chi connectivity index (χ3v) is 3.90. The van der Waals surface area contributed by atoms with E-state index in [4.69, 9.17) is 5.11 Å². The van der Waals surface area contributed by atoms with Crippen molar-refractivity contribution in [2.24, 2.45) is 0 Å². The number of hydrogen-bond donors (Lipinski definition) is 2. The molecule has 2 aromatic carbocycles. The van der Waals surface area contributed by atoms with Crippen molar-refractivity contribution >= 4 is 15.7 Å². The molecule has 0 bridgehead atoms. The predicted octanol–water partition coefficient (Wildman–Crippen LogP) is 2.12. The van der Waals surface area contributed by atoms with Crippen LogP contribution in [-0.2, 0) is 16.6 Å². The quantitative estimate of drug-likeness (QED) is 0.902. The van der Waals surface area contributed by atoms with Gasteiger partial charge >= 0.3 is 0 Å². The molecule has 0 aliphatic carbocycles. The molecule has 0 saturated heterocycles. The SMILES string of the molecule is O=S(=O)(Nc1ccccc1CO)c1cccc(F)c1. The fraction of sp³-hybridized carbons (Fsp3) is 0.0769. The second-order valence-electron chi connectivity index (χ2n) is 3.88. The maximum Gasteiger partial charge on any atom is 0.262 e. The maximum atomic E-state index is 13.0. The first-order chi connectivity index (χ1) is 9.03. The minimum atomic E-state index is -3.87.